The average Bonchev–Trinajstić information content (AvgIpc) is 3.88. The van der Waals surface area contributed by atoms with Crippen molar-refractivity contribution in [3.8, 4) is 0 Å². The molecule has 3 aliphatic heterocycles. The first-order valence-electron chi connectivity index (χ1n) is 18.3. The number of hydrogen-bond acceptors (Lipinski definition) is 17. The van der Waals surface area contributed by atoms with Gasteiger partial charge in [0, 0.05) is 42.8 Å². The number of aromatic amines is 4. The van der Waals surface area contributed by atoms with Crippen molar-refractivity contribution in [1.29, 1.82) is 0 Å². The largest absolute Gasteiger partial charge is 0.472 e. The van der Waals surface area contributed by atoms with E-state index in [1.165, 1.54) is 44.4 Å². The summed E-state index contributed by atoms with van der Waals surface area (Å²) in [5.41, 5.74) is -3.44. The third kappa shape index (κ3) is 9.53. The van der Waals surface area contributed by atoms with Gasteiger partial charge in [-0.25, -0.2) is 23.5 Å². The number of ether oxygens (including phenoxy) is 3. The molecule has 4 aromatic rings. The van der Waals surface area contributed by atoms with Gasteiger partial charge in [0.25, 0.3) is 16.7 Å². The van der Waals surface area contributed by atoms with E-state index in [2.05, 4.69) is 19.9 Å². The van der Waals surface area contributed by atoms with E-state index in [9.17, 15) is 57.9 Å². The Bertz CT molecular complexity index is 2730. The van der Waals surface area contributed by atoms with Gasteiger partial charge in [0.15, 0.2) is 0 Å². The molecule has 6 heterocycles. The Morgan fingerprint density at radius 2 is 1.27 bits per heavy atom. The molecule has 27 heteroatoms. The lowest BCUT2D eigenvalue weighted by Gasteiger charge is -2.24. The van der Waals surface area contributed by atoms with E-state index in [0.717, 1.165) is 9.13 Å². The van der Waals surface area contributed by atoms with Crippen molar-refractivity contribution in [2.45, 2.75) is 88.3 Å². The Kier molecular flexibility index (Phi) is 12.5. The minimum Gasteiger partial charge on any atom is -0.394 e. The first-order valence-corrected chi connectivity index (χ1v) is 21.3. The van der Waals surface area contributed by atoms with Gasteiger partial charge in [0.05, 0.1) is 42.9 Å². The van der Waals surface area contributed by atoms with Crippen LogP contribution in [-0.4, -0.2) is 106 Å². The Morgan fingerprint density at radius 3 is 1.87 bits per heavy atom. The molecule has 326 valence electrons. The topological polar surface area (TPSA) is 355 Å². The third-order valence-electron chi connectivity index (χ3n) is 10.2. The molecule has 8 N–H and O–H groups in total. The van der Waals surface area contributed by atoms with Crippen LogP contribution in [0.1, 0.15) is 54.5 Å². The molecular weight excluding hydrogens is 846 g/mol. The summed E-state index contributed by atoms with van der Waals surface area (Å²) in [6.07, 6.45) is -9.19. The normalized spacial score (nSPS) is 28.9. The molecule has 3 aromatic heterocycles. The van der Waals surface area contributed by atoms with Gasteiger partial charge in [0.1, 0.15) is 43.0 Å². The van der Waals surface area contributed by atoms with Crippen LogP contribution in [0.2, 0.25) is 0 Å². The number of nitrogens with one attached hydrogen (secondary N) is 4. The highest BCUT2D eigenvalue weighted by atomic mass is 31.2. The van der Waals surface area contributed by atoms with E-state index in [4.69, 9.17) is 32.3 Å². The van der Waals surface area contributed by atoms with Crippen molar-refractivity contribution in [3.05, 3.63) is 110 Å². The van der Waals surface area contributed by atoms with E-state index in [0.29, 0.717) is 5.56 Å². The van der Waals surface area contributed by atoms with Gasteiger partial charge in [-0.15, -0.1) is 0 Å². The van der Waals surface area contributed by atoms with Gasteiger partial charge in [-0.2, -0.15) is 0 Å². The van der Waals surface area contributed by atoms with Crippen molar-refractivity contribution in [2.24, 2.45) is 0 Å². The number of aliphatic hydroxyl groups is 2. The Hall–Kier alpha value is -4.46. The second kappa shape index (κ2) is 17.1. The zero-order chi connectivity index (χ0) is 43.3. The van der Waals surface area contributed by atoms with E-state index >= 15 is 0 Å². The average molecular weight is 887 g/mol. The highest BCUT2D eigenvalue weighted by Crippen LogP contribution is 2.52. The van der Waals surface area contributed by atoms with E-state index in [1.54, 1.807) is 0 Å². The number of aromatic nitrogens is 6. The summed E-state index contributed by atoms with van der Waals surface area (Å²) in [7, 11) is -10.2. The molecule has 0 saturated carbocycles. The van der Waals surface area contributed by atoms with Crippen LogP contribution in [0.5, 0.6) is 0 Å². The number of aliphatic hydroxyl groups excluding tert-OH is 2. The van der Waals surface area contributed by atoms with E-state index in [1.807, 2.05) is 0 Å². The van der Waals surface area contributed by atoms with Gasteiger partial charge in [-0.05, 0) is 31.5 Å². The molecule has 60 heavy (non-hydrogen) atoms. The summed E-state index contributed by atoms with van der Waals surface area (Å²) in [4.78, 5) is 103. The smallest absolute Gasteiger partial charge is 0.394 e. The zero-order valence-electron chi connectivity index (χ0n) is 31.5. The molecule has 1 aromatic carbocycles. The summed E-state index contributed by atoms with van der Waals surface area (Å²) in [5, 5.41) is 20.6. The van der Waals surface area contributed by atoms with Crippen LogP contribution in [0, 0.1) is 13.8 Å². The first kappa shape index (κ1) is 43.6. The molecule has 0 radical (unpaired) electrons. The lowest BCUT2D eigenvalue weighted by Crippen LogP contribution is -2.33. The number of nitrogens with zero attached hydrogens (tertiary/aromatic N) is 2. The van der Waals surface area contributed by atoms with Crippen molar-refractivity contribution in [1.82, 2.24) is 29.1 Å². The Balaban J connectivity index is 1.05. The number of H-pyrrole nitrogens is 4. The predicted molar refractivity (Wildman–Crippen MR) is 201 cm³/mol. The SMILES string of the molecule is Cc1cn([C@H]2C[C@H](OP(=O)(O)OC[C@H]3O[C@@H](c4ccc5[nH]c(=O)[nH]c(=O)c5c4)C[C@@H]3OP(=O)(O)OC[C@H]3O[C@@H](n4cc(C)c(=O)[nH]c4=O)C[C@@H]3O)[C@@H](CO)O2)c(=O)[nH]c1=O. The molecule has 3 fully saturated rings. The summed E-state index contributed by atoms with van der Waals surface area (Å²) < 4.78 is 67.4. The molecule has 0 bridgehead atoms. The number of rotatable bonds is 14. The van der Waals surface area contributed by atoms with Crippen molar-refractivity contribution < 1.29 is 61.4 Å². The fourth-order valence-corrected chi connectivity index (χ4v) is 9.01. The highest BCUT2D eigenvalue weighted by Gasteiger charge is 2.46. The molecule has 2 unspecified atom stereocenters. The zero-order valence-corrected chi connectivity index (χ0v) is 33.3. The van der Waals surface area contributed by atoms with Gasteiger partial charge in [-0.3, -0.25) is 56.6 Å². The van der Waals surface area contributed by atoms with Crippen molar-refractivity contribution >= 4 is 26.5 Å². The van der Waals surface area contributed by atoms with Gasteiger partial charge < -0.3 is 39.2 Å². The van der Waals surface area contributed by atoms with Crippen molar-refractivity contribution in [2.75, 3.05) is 19.8 Å². The van der Waals surface area contributed by atoms with Crippen LogP contribution in [0.3, 0.4) is 0 Å². The van der Waals surface area contributed by atoms with E-state index in [-0.39, 0.29) is 41.3 Å². The fraction of sp³-hybridized carbons (Fsp3) is 0.515. The molecule has 11 atom stereocenters. The highest BCUT2D eigenvalue weighted by molar-refractivity contribution is 7.47. The Labute approximate surface area is 334 Å². The third-order valence-corrected chi connectivity index (χ3v) is 12.2. The molecule has 0 aliphatic carbocycles. The predicted octanol–water partition coefficient (Wildman–Crippen LogP) is -1.30. The molecule has 7 rings (SSSR count). The summed E-state index contributed by atoms with van der Waals surface area (Å²) >= 11 is 0. The second-order valence-electron chi connectivity index (χ2n) is 14.4. The van der Waals surface area contributed by atoms with Crippen LogP contribution in [0.25, 0.3) is 10.9 Å². The standard InChI is InChI=1S/C33H40N6O19P2/c1-14-9-38(32(46)36-28(14)42)26-6-19(41)24(56-26)12-52-59(48,49)57-21-7-20(16-3-4-18-17(5-16)30(44)35-31(45)34-18)54-25(21)13-53-60(50,51)58-22-8-27(55-23(22)11-40)39-10-15(2)29(43)37-33(39)47/h3-5,9-10,19-27,40-41H,6-8,11-13H2,1-2H3,(H,48,49)(H,50,51)(H,36,42,46)(H,37,43,47)(H2,34,35,44,45)/t19-,20+,21-,22-,23+,24+,25+,26+,27+/m0/s1. The number of phosphoric ester groups is 2. The number of fused-ring (bicyclic) bond motifs is 1. The van der Waals surface area contributed by atoms with Crippen LogP contribution in [0.15, 0.2) is 59.4 Å². The van der Waals surface area contributed by atoms with Gasteiger partial charge in [0.2, 0.25) is 0 Å². The minimum absolute atomic E-state index is 0.0693. The van der Waals surface area contributed by atoms with Crippen LogP contribution < -0.4 is 33.7 Å². The number of phosphoric acid groups is 2. The summed E-state index contributed by atoms with van der Waals surface area (Å²) in [5.74, 6) is 0. The lowest BCUT2D eigenvalue weighted by atomic mass is 10.0. The molecule has 0 amide bonds. The van der Waals surface area contributed by atoms with E-state index < -0.39 is 124 Å². The Morgan fingerprint density at radius 1 is 0.717 bits per heavy atom. The van der Waals surface area contributed by atoms with Gasteiger partial charge >= 0.3 is 32.7 Å². The van der Waals surface area contributed by atoms with Crippen LogP contribution >= 0.6 is 15.6 Å². The van der Waals surface area contributed by atoms with Crippen molar-refractivity contribution in [3.63, 3.8) is 0 Å². The summed E-state index contributed by atoms with van der Waals surface area (Å²) in [6, 6.07) is 4.33. The fourth-order valence-electron chi connectivity index (χ4n) is 7.09. The minimum atomic E-state index is -5.09. The maximum atomic E-state index is 13.4. The quantitative estimate of drug-likeness (QED) is 0.0682. The molecular formula is C33H40N6O19P2. The summed E-state index contributed by atoms with van der Waals surface area (Å²) in [6.45, 7) is 0.672. The molecule has 3 saturated heterocycles. The lowest BCUT2D eigenvalue weighted by molar-refractivity contribution is -0.0562. The maximum Gasteiger partial charge on any atom is 0.472 e. The molecule has 25 nitrogen and oxygen atoms in total. The first-order chi connectivity index (χ1) is 28.3. The maximum absolute atomic E-state index is 13.4. The monoisotopic (exact) mass is 886 g/mol. The number of benzene rings is 1. The second-order valence-corrected chi connectivity index (χ2v) is 17.2. The number of hydrogen-bond donors (Lipinski definition) is 8. The van der Waals surface area contributed by atoms with Gasteiger partial charge in [-0.1, -0.05) is 6.07 Å². The number of aryl methyl sites for hydroxylation is 2. The van der Waals surface area contributed by atoms with Crippen LogP contribution in [-0.2, 0) is 41.4 Å². The molecule has 0 spiro atoms. The van der Waals surface area contributed by atoms with Crippen LogP contribution in [0.4, 0.5) is 0 Å². The molecule has 3 aliphatic rings.